The molecule has 2 aromatic carbocycles. The molecule has 0 saturated carbocycles. The molecule has 5 heteroatoms. The predicted molar refractivity (Wildman–Crippen MR) is 90.2 cm³/mol. The Kier molecular flexibility index (Phi) is 3.16. The van der Waals surface area contributed by atoms with E-state index < -0.39 is 5.91 Å². The lowest BCUT2D eigenvalue weighted by atomic mass is 10.1. The largest absolute Gasteiger partial charge is 0.366 e. The highest BCUT2D eigenvalue weighted by Crippen LogP contribution is 2.33. The van der Waals surface area contributed by atoms with Crippen molar-refractivity contribution in [2.24, 2.45) is 5.73 Å². The Balaban J connectivity index is 2.14. The number of nitrogens with two attached hydrogens (primary N) is 1. The lowest BCUT2D eigenvalue weighted by Gasteiger charge is -2.06. The summed E-state index contributed by atoms with van der Waals surface area (Å²) in [6.07, 6.45) is 0. The van der Waals surface area contributed by atoms with E-state index in [2.05, 4.69) is 6.07 Å². The van der Waals surface area contributed by atoms with Gasteiger partial charge in [0.2, 0.25) is 5.91 Å². The topological polar surface area (TPSA) is 48.0 Å². The van der Waals surface area contributed by atoms with Crippen molar-refractivity contribution in [3.63, 3.8) is 0 Å². The maximum Gasteiger partial charge on any atom is 0.249 e. The Morgan fingerprint density at radius 2 is 2.13 bits per heavy atom. The average molecular weight is 323 g/mol. The van der Waals surface area contributed by atoms with Crippen LogP contribution in [0.15, 0.2) is 47.8 Å². The van der Waals surface area contributed by atoms with Crippen molar-refractivity contribution in [3.8, 4) is 0 Å². The van der Waals surface area contributed by atoms with Crippen LogP contribution in [0, 0.1) is 11.9 Å². The van der Waals surface area contributed by atoms with Crippen LogP contribution in [0.5, 0.6) is 0 Å². The van der Waals surface area contributed by atoms with Crippen LogP contribution in [0.2, 0.25) is 0 Å². The van der Waals surface area contributed by atoms with Crippen LogP contribution < -0.4 is 5.73 Å². The highest BCUT2D eigenvalue weighted by Gasteiger charge is 2.18. The summed E-state index contributed by atoms with van der Waals surface area (Å²) in [5.74, 6) is -0.856. The van der Waals surface area contributed by atoms with Gasteiger partial charge in [-0.2, -0.15) is 0 Å². The van der Waals surface area contributed by atoms with E-state index in [-0.39, 0.29) is 5.82 Å². The third-order valence-corrected chi connectivity index (χ3v) is 4.79. The van der Waals surface area contributed by atoms with Gasteiger partial charge in [0, 0.05) is 21.2 Å². The number of hydrogen-bond acceptors (Lipinski definition) is 2. The molecule has 1 radical (unpaired) electrons. The van der Waals surface area contributed by atoms with E-state index in [1.54, 1.807) is 23.5 Å². The van der Waals surface area contributed by atoms with Gasteiger partial charge in [-0.25, -0.2) is 4.39 Å². The van der Waals surface area contributed by atoms with E-state index in [1.165, 1.54) is 12.1 Å². The van der Waals surface area contributed by atoms with E-state index in [0.29, 0.717) is 28.4 Å². The summed E-state index contributed by atoms with van der Waals surface area (Å²) in [6, 6.07) is 15.3. The Hall–Kier alpha value is -2.66. The zero-order valence-corrected chi connectivity index (χ0v) is 12.9. The number of fused-ring (bicyclic) bond motifs is 3. The number of thiophene rings is 1. The van der Waals surface area contributed by atoms with Crippen molar-refractivity contribution in [1.29, 1.82) is 0 Å². The lowest BCUT2D eigenvalue weighted by molar-refractivity contribution is 0.100. The number of carbonyl (C=O) groups is 1. The second-order valence-corrected chi connectivity index (χ2v) is 6.31. The van der Waals surface area contributed by atoms with Gasteiger partial charge in [0.15, 0.2) is 0 Å². The molecule has 2 aromatic heterocycles. The molecule has 0 aliphatic carbocycles. The average Bonchev–Trinajstić information content (AvgIpc) is 3.15. The maximum atomic E-state index is 14.5. The number of nitrogens with zero attached hydrogens (tertiary/aromatic N) is 1. The molecular formula is C18H12FN2OS. The number of halogens is 1. The van der Waals surface area contributed by atoms with Gasteiger partial charge in [-0.3, -0.25) is 4.79 Å². The van der Waals surface area contributed by atoms with Gasteiger partial charge in [0.1, 0.15) is 5.82 Å². The minimum atomic E-state index is -0.525. The first-order valence-corrected chi connectivity index (χ1v) is 7.98. The van der Waals surface area contributed by atoms with E-state index in [4.69, 9.17) is 5.73 Å². The van der Waals surface area contributed by atoms with Gasteiger partial charge < -0.3 is 10.3 Å². The standard InChI is InChI=1S/C18H12FN2OS/c19-14-7-1-5-12-16-13(18(20)22)6-2-8-15(16)21(17(12)14)10-11-4-3-9-23-11/h1-4,6-9H,10H2,(H2,20,22). The maximum absolute atomic E-state index is 14.5. The van der Waals surface area contributed by atoms with Gasteiger partial charge in [0.05, 0.1) is 17.6 Å². The Labute approximate surface area is 135 Å². The second kappa shape index (κ2) is 5.21. The summed E-state index contributed by atoms with van der Waals surface area (Å²) in [6.45, 7) is 0.536. The van der Waals surface area contributed by atoms with Crippen molar-refractivity contribution in [2.75, 3.05) is 0 Å². The summed E-state index contributed by atoms with van der Waals surface area (Å²) in [4.78, 5) is 12.9. The van der Waals surface area contributed by atoms with Gasteiger partial charge in [-0.05, 0) is 35.7 Å². The summed E-state index contributed by atoms with van der Waals surface area (Å²) < 4.78 is 16.4. The highest BCUT2D eigenvalue weighted by atomic mass is 32.1. The zero-order valence-electron chi connectivity index (χ0n) is 12.0. The van der Waals surface area contributed by atoms with Crippen molar-refractivity contribution >= 4 is 39.0 Å². The Morgan fingerprint density at radius 3 is 2.87 bits per heavy atom. The summed E-state index contributed by atoms with van der Waals surface area (Å²) in [5, 5.41) is 3.23. The summed E-state index contributed by atoms with van der Waals surface area (Å²) >= 11 is 1.61. The first-order valence-electron chi connectivity index (χ1n) is 7.10. The van der Waals surface area contributed by atoms with Crippen molar-refractivity contribution < 1.29 is 9.18 Å². The molecule has 0 unspecified atom stereocenters. The molecule has 0 aliphatic rings. The number of rotatable bonds is 3. The Morgan fingerprint density at radius 1 is 1.26 bits per heavy atom. The monoisotopic (exact) mass is 323 g/mol. The fourth-order valence-corrected chi connectivity index (χ4v) is 3.69. The number of hydrogen-bond donors (Lipinski definition) is 1. The van der Waals surface area contributed by atoms with E-state index >= 15 is 0 Å². The van der Waals surface area contributed by atoms with E-state index in [9.17, 15) is 9.18 Å². The molecule has 23 heavy (non-hydrogen) atoms. The molecule has 0 bridgehead atoms. The molecule has 0 atom stereocenters. The predicted octanol–water partition coefficient (Wildman–Crippen LogP) is 3.94. The Bertz CT molecular complexity index is 1030. The van der Waals surface area contributed by atoms with Crippen molar-refractivity contribution in [1.82, 2.24) is 4.57 Å². The number of benzene rings is 2. The highest BCUT2D eigenvalue weighted by molar-refractivity contribution is 7.09. The van der Waals surface area contributed by atoms with Crippen molar-refractivity contribution in [2.45, 2.75) is 6.54 Å². The molecule has 0 saturated heterocycles. The first-order chi connectivity index (χ1) is 11.2. The molecule has 3 nitrogen and oxygen atoms in total. The van der Waals surface area contributed by atoms with Gasteiger partial charge in [-0.1, -0.05) is 18.2 Å². The van der Waals surface area contributed by atoms with Gasteiger partial charge in [0.25, 0.3) is 0 Å². The van der Waals surface area contributed by atoms with E-state index in [0.717, 1.165) is 10.4 Å². The third kappa shape index (κ3) is 2.12. The van der Waals surface area contributed by atoms with Crippen LogP contribution in [0.4, 0.5) is 4.39 Å². The SMILES string of the molecule is NC(=O)c1cccc2c1c1[c]ccc(F)c1n2Cc1cccs1. The fourth-order valence-electron chi connectivity index (χ4n) is 3.00. The van der Waals surface area contributed by atoms with E-state index in [1.807, 2.05) is 28.1 Å². The lowest BCUT2D eigenvalue weighted by Crippen LogP contribution is -2.11. The molecule has 2 N–H and O–H groups in total. The van der Waals surface area contributed by atoms with Crippen LogP contribution in [-0.4, -0.2) is 10.5 Å². The molecule has 4 aromatic rings. The fraction of sp³-hybridized carbons (Fsp3) is 0.0556. The second-order valence-electron chi connectivity index (χ2n) is 5.28. The molecular weight excluding hydrogens is 311 g/mol. The normalized spacial score (nSPS) is 11.3. The van der Waals surface area contributed by atoms with Crippen LogP contribution in [0.25, 0.3) is 21.8 Å². The smallest absolute Gasteiger partial charge is 0.249 e. The molecule has 0 spiro atoms. The summed E-state index contributed by atoms with van der Waals surface area (Å²) in [5.41, 5.74) is 7.12. The minimum Gasteiger partial charge on any atom is -0.366 e. The third-order valence-electron chi connectivity index (χ3n) is 3.93. The number of carbonyl (C=O) groups excluding carboxylic acids is 1. The first kappa shape index (κ1) is 14.0. The van der Waals surface area contributed by atoms with Crippen LogP contribution in [0.1, 0.15) is 15.2 Å². The van der Waals surface area contributed by atoms with Crippen LogP contribution >= 0.6 is 11.3 Å². The zero-order chi connectivity index (χ0) is 16.0. The molecule has 2 heterocycles. The number of aromatic nitrogens is 1. The van der Waals surface area contributed by atoms with Crippen LogP contribution in [0.3, 0.4) is 0 Å². The van der Waals surface area contributed by atoms with Crippen molar-refractivity contribution in [3.05, 3.63) is 70.2 Å². The molecule has 1 amide bonds. The number of amides is 1. The summed E-state index contributed by atoms with van der Waals surface area (Å²) in [7, 11) is 0. The quantitative estimate of drug-likeness (QED) is 0.610. The molecule has 0 aliphatic heterocycles. The number of primary amides is 1. The molecule has 113 valence electrons. The van der Waals surface area contributed by atoms with Crippen LogP contribution in [-0.2, 0) is 6.54 Å². The minimum absolute atomic E-state index is 0.332. The van der Waals surface area contributed by atoms with Gasteiger partial charge in [-0.15, -0.1) is 11.3 Å². The molecule has 0 fully saturated rings. The van der Waals surface area contributed by atoms with Gasteiger partial charge >= 0.3 is 0 Å². The molecule has 4 rings (SSSR count).